The topological polar surface area (TPSA) is 93.1 Å². The molecule has 2 N–H and O–H groups in total. The molecule has 0 aliphatic carbocycles. The summed E-state index contributed by atoms with van der Waals surface area (Å²) in [7, 11) is -4.29. The van der Waals surface area contributed by atoms with Crippen molar-refractivity contribution >= 4 is 13.8 Å². The van der Waals surface area contributed by atoms with Gasteiger partial charge in [-0.15, -0.1) is 0 Å². The molecule has 0 rings (SSSR count). The molecule has 0 aliphatic rings. The largest absolute Gasteiger partial charge is 0.469 e. The van der Waals surface area contributed by atoms with Crippen LogP contribution in [0.5, 0.6) is 0 Å². The van der Waals surface area contributed by atoms with Gasteiger partial charge in [0, 0.05) is 6.92 Å². The molecule has 0 unspecified atom stereocenters. The first-order valence-corrected chi connectivity index (χ1v) is 7.28. The molecule has 0 saturated carbocycles. The molecule has 0 amide bonds. The molecule has 0 aromatic carbocycles. The van der Waals surface area contributed by atoms with Gasteiger partial charge >= 0.3 is 13.8 Å². The van der Waals surface area contributed by atoms with Crippen LogP contribution in [0.15, 0.2) is 0 Å². The molecular weight excluding hydrogens is 247 g/mol. The summed E-state index contributed by atoms with van der Waals surface area (Å²) in [6.45, 7) is 1.95. The van der Waals surface area contributed by atoms with Gasteiger partial charge in [0.15, 0.2) is 0 Å². The Bertz CT molecular complexity index is 249. The summed E-state index contributed by atoms with van der Waals surface area (Å²) in [6, 6.07) is 0. The minimum atomic E-state index is -4.29. The molecule has 0 aromatic rings. The molecule has 0 aromatic heterocycles. The highest BCUT2D eigenvalue weighted by molar-refractivity contribution is 7.46. The van der Waals surface area contributed by atoms with Crippen LogP contribution in [0.25, 0.3) is 0 Å². The van der Waals surface area contributed by atoms with Gasteiger partial charge in [0.05, 0.1) is 13.2 Å². The van der Waals surface area contributed by atoms with Crippen molar-refractivity contribution in [1.82, 2.24) is 0 Å². The number of phosphoric acid groups is 1. The molecular formula is C10H21O6P. The van der Waals surface area contributed by atoms with E-state index in [1.165, 1.54) is 6.92 Å². The summed E-state index contributed by atoms with van der Waals surface area (Å²) >= 11 is 0. The zero-order chi connectivity index (χ0) is 13.1. The highest BCUT2D eigenvalue weighted by atomic mass is 31.2. The molecule has 0 atom stereocenters. The summed E-state index contributed by atoms with van der Waals surface area (Å²) in [5, 5.41) is 0. The minimum Gasteiger partial charge on any atom is -0.466 e. The summed E-state index contributed by atoms with van der Waals surface area (Å²) in [4.78, 5) is 27.3. The van der Waals surface area contributed by atoms with Gasteiger partial charge in [-0.25, -0.2) is 4.57 Å². The van der Waals surface area contributed by atoms with Crippen LogP contribution in [0.3, 0.4) is 0 Å². The fourth-order valence-corrected chi connectivity index (χ4v) is 1.68. The van der Waals surface area contributed by atoms with Gasteiger partial charge in [-0.3, -0.25) is 9.32 Å². The molecule has 0 fully saturated rings. The molecule has 102 valence electrons. The fourth-order valence-electron chi connectivity index (χ4n) is 1.31. The highest BCUT2D eigenvalue weighted by Crippen LogP contribution is 2.35. The Hall–Kier alpha value is -0.420. The Balaban J connectivity index is 3.09. The van der Waals surface area contributed by atoms with Crippen LogP contribution in [-0.4, -0.2) is 29.0 Å². The SMILES string of the molecule is CC(=O)OCCCCCCCCOP(=O)(O)O. The molecule has 0 saturated heterocycles. The van der Waals surface area contributed by atoms with E-state index in [0.29, 0.717) is 13.0 Å². The number of hydrogen-bond donors (Lipinski definition) is 2. The number of carbonyl (C=O) groups is 1. The minimum absolute atomic E-state index is 0.0950. The number of rotatable bonds is 10. The van der Waals surface area contributed by atoms with Crippen molar-refractivity contribution < 1.29 is 28.4 Å². The molecule has 0 heterocycles. The first kappa shape index (κ1) is 16.6. The predicted molar refractivity (Wildman–Crippen MR) is 62.3 cm³/mol. The van der Waals surface area contributed by atoms with Crippen molar-refractivity contribution in [2.75, 3.05) is 13.2 Å². The van der Waals surface area contributed by atoms with Gasteiger partial charge in [-0.05, 0) is 12.8 Å². The maximum Gasteiger partial charge on any atom is 0.469 e. The second kappa shape index (κ2) is 9.59. The van der Waals surface area contributed by atoms with Crippen LogP contribution in [-0.2, 0) is 18.6 Å². The quantitative estimate of drug-likeness (QED) is 0.357. The molecule has 17 heavy (non-hydrogen) atoms. The molecule has 0 radical (unpaired) electrons. The number of phosphoric ester groups is 1. The van der Waals surface area contributed by atoms with Gasteiger partial charge < -0.3 is 14.5 Å². The smallest absolute Gasteiger partial charge is 0.466 e. The maximum absolute atomic E-state index is 10.4. The Morgan fingerprint density at radius 2 is 1.47 bits per heavy atom. The summed E-state index contributed by atoms with van der Waals surface area (Å²) in [5.74, 6) is -0.250. The molecule has 0 bridgehead atoms. The number of ether oxygens (including phenoxy) is 1. The Morgan fingerprint density at radius 1 is 1.00 bits per heavy atom. The zero-order valence-electron chi connectivity index (χ0n) is 10.1. The summed E-state index contributed by atoms with van der Waals surface area (Å²) in [6.07, 6.45) is 5.40. The summed E-state index contributed by atoms with van der Waals surface area (Å²) < 4.78 is 19.4. The second-order valence-electron chi connectivity index (χ2n) is 3.79. The lowest BCUT2D eigenvalue weighted by molar-refractivity contribution is -0.141. The van der Waals surface area contributed by atoms with Crippen molar-refractivity contribution in [1.29, 1.82) is 0 Å². The van der Waals surface area contributed by atoms with E-state index in [2.05, 4.69) is 4.52 Å². The van der Waals surface area contributed by atoms with Crippen molar-refractivity contribution in [3.05, 3.63) is 0 Å². The van der Waals surface area contributed by atoms with Crippen molar-refractivity contribution in [2.24, 2.45) is 0 Å². The van der Waals surface area contributed by atoms with E-state index in [0.717, 1.165) is 32.1 Å². The Kier molecular flexibility index (Phi) is 9.36. The first-order chi connectivity index (χ1) is 7.92. The second-order valence-corrected chi connectivity index (χ2v) is 5.02. The third-order valence-corrected chi connectivity index (χ3v) is 2.62. The highest BCUT2D eigenvalue weighted by Gasteiger charge is 2.12. The van der Waals surface area contributed by atoms with Gasteiger partial charge in [0.25, 0.3) is 0 Å². The fraction of sp³-hybridized carbons (Fsp3) is 0.900. The van der Waals surface area contributed by atoms with Gasteiger partial charge in [0.1, 0.15) is 0 Å². The summed E-state index contributed by atoms with van der Waals surface area (Å²) in [5.41, 5.74) is 0. The third kappa shape index (κ3) is 15.6. The molecule has 6 nitrogen and oxygen atoms in total. The Morgan fingerprint density at radius 3 is 1.94 bits per heavy atom. The Labute approximate surface area is 102 Å². The van der Waals surface area contributed by atoms with Gasteiger partial charge in [0.2, 0.25) is 0 Å². The van der Waals surface area contributed by atoms with Crippen LogP contribution in [0.1, 0.15) is 45.4 Å². The average Bonchev–Trinajstić information content (AvgIpc) is 2.18. The lowest BCUT2D eigenvalue weighted by atomic mass is 10.1. The first-order valence-electron chi connectivity index (χ1n) is 5.75. The maximum atomic E-state index is 10.4. The number of unbranched alkanes of at least 4 members (excludes halogenated alkanes) is 5. The normalized spacial score (nSPS) is 11.5. The van der Waals surface area contributed by atoms with E-state index < -0.39 is 7.82 Å². The van der Waals surface area contributed by atoms with E-state index in [1.54, 1.807) is 0 Å². The van der Waals surface area contributed by atoms with Crippen LogP contribution in [0.4, 0.5) is 0 Å². The van der Waals surface area contributed by atoms with E-state index >= 15 is 0 Å². The van der Waals surface area contributed by atoms with Crippen LogP contribution in [0, 0.1) is 0 Å². The lowest BCUT2D eigenvalue weighted by Crippen LogP contribution is -2.00. The number of hydrogen-bond acceptors (Lipinski definition) is 4. The van der Waals surface area contributed by atoms with E-state index in [4.69, 9.17) is 14.5 Å². The van der Waals surface area contributed by atoms with Crippen molar-refractivity contribution in [3.63, 3.8) is 0 Å². The van der Waals surface area contributed by atoms with Crippen molar-refractivity contribution in [2.45, 2.75) is 45.4 Å². The number of carbonyl (C=O) groups excluding carboxylic acids is 1. The third-order valence-electron chi connectivity index (χ3n) is 2.10. The molecule has 0 spiro atoms. The van der Waals surface area contributed by atoms with Crippen LogP contribution >= 0.6 is 7.82 Å². The molecule has 7 heteroatoms. The van der Waals surface area contributed by atoms with E-state index in [-0.39, 0.29) is 12.6 Å². The van der Waals surface area contributed by atoms with E-state index in [9.17, 15) is 9.36 Å². The molecule has 0 aliphatic heterocycles. The lowest BCUT2D eigenvalue weighted by Gasteiger charge is -2.05. The van der Waals surface area contributed by atoms with Gasteiger partial charge in [-0.1, -0.05) is 25.7 Å². The van der Waals surface area contributed by atoms with Crippen LogP contribution < -0.4 is 0 Å². The standard InChI is InChI=1S/C10H21O6P/c1-10(11)15-8-6-4-2-3-5-7-9-16-17(12,13)14/h2-9H2,1H3,(H2,12,13,14). The van der Waals surface area contributed by atoms with Crippen molar-refractivity contribution in [3.8, 4) is 0 Å². The zero-order valence-corrected chi connectivity index (χ0v) is 11.0. The van der Waals surface area contributed by atoms with E-state index in [1.807, 2.05) is 0 Å². The predicted octanol–water partition coefficient (Wildman–Crippen LogP) is 2.00. The monoisotopic (exact) mass is 268 g/mol. The van der Waals surface area contributed by atoms with Crippen LogP contribution in [0.2, 0.25) is 0 Å². The number of esters is 1. The van der Waals surface area contributed by atoms with Gasteiger partial charge in [-0.2, -0.15) is 0 Å². The average molecular weight is 268 g/mol.